The second-order valence-corrected chi connectivity index (χ2v) is 6.16. The van der Waals surface area contributed by atoms with Crippen LogP contribution in [-0.4, -0.2) is 50.4 Å². The zero-order chi connectivity index (χ0) is 13.7. The fourth-order valence-corrected chi connectivity index (χ4v) is 4.72. The van der Waals surface area contributed by atoms with E-state index in [0.717, 1.165) is 6.42 Å². The van der Waals surface area contributed by atoms with Gasteiger partial charge in [-0.2, -0.15) is 0 Å². The second-order valence-electron chi connectivity index (χ2n) is 6.16. The largest absolute Gasteiger partial charge is 0.390 e. The number of rotatable bonds is 3. The Labute approximate surface area is 116 Å². The first-order chi connectivity index (χ1) is 9.14. The van der Waals surface area contributed by atoms with Crippen molar-refractivity contribution in [2.24, 2.45) is 5.92 Å². The fourth-order valence-electron chi connectivity index (χ4n) is 4.72. The van der Waals surface area contributed by atoms with Crippen LogP contribution in [-0.2, 0) is 0 Å². The summed E-state index contributed by atoms with van der Waals surface area (Å²) in [4.78, 5) is 0. The molecule has 2 fully saturated rings. The van der Waals surface area contributed by atoms with E-state index in [0.29, 0.717) is 12.0 Å². The number of hydrogen-bond donors (Lipinski definition) is 4. The van der Waals surface area contributed by atoms with E-state index in [1.807, 2.05) is 7.05 Å². The number of nitrogens with zero attached hydrogens (tertiary/aromatic N) is 1. The van der Waals surface area contributed by atoms with Crippen LogP contribution in [0.15, 0.2) is 11.8 Å². The minimum absolute atomic E-state index is 0.137. The second kappa shape index (κ2) is 4.45. The van der Waals surface area contributed by atoms with E-state index in [-0.39, 0.29) is 11.2 Å². The highest BCUT2D eigenvalue weighted by Gasteiger charge is 2.65. The van der Waals surface area contributed by atoms with Crippen molar-refractivity contribution < 1.29 is 0 Å². The molecule has 0 aromatic carbocycles. The lowest BCUT2D eigenvalue weighted by Crippen LogP contribution is -2.70. The SMILES string of the molecule is CNC1=CCC2C(NC)(CCCC23NN3C)C1NC. The van der Waals surface area contributed by atoms with Gasteiger partial charge in [-0.05, 0) is 39.8 Å². The average molecular weight is 265 g/mol. The summed E-state index contributed by atoms with van der Waals surface area (Å²) < 4.78 is 0. The van der Waals surface area contributed by atoms with Crippen LogP contribution in [0.3, 0.4) is 0 Å². The van der Waals surface area contributed by atoms with Crippen molar-refractivity contribution >= 4 is 0 Å². The van der Waals surface area contributed by atoms with Gasteiger partial charge in [0, 0.05) is 31.2 Å². The Kier molecular flexibility index (Phi) is 3.13. The zero-order valence-corrected chi connectivity index (χ0v) is 12.5. The third-order valence-electron chi connectivity index (χ3n) is 5.70. The first-order valence-corrected chi connectivity index (χ1v) is 7.40. The van der Waals surface area contributed by atoms with E-state index in [1.165, 1.54) is 25.0 Å². The summed E-state index contributed by atoms with van der Waals surface area (Å²) in [6.45, 7) is 0. The smallest absolute Gasteiger partial charge is 0.102 e. The molecule has 19 heavy (non-hydrogen) atoms. The maximum atomic E-state index is 3.69. The Hall–Kier alpha value is -0.620. The Bertz CT molecular complexity index is 395. The van der Waals surface area contributed by atoms with Crippen LogP contribution in [0.4, 0.5) is 0 Å². The maximum absolute atomic E-state index is 3.69. The van der Waals surface area contributed by atoms with Crippen LogP contribution < -0.4 is 21.4 Å². The van der Waals surface area contributed by atoms with Gasteiger partial charge < -0.3 is 16.0 Å². The number of allylic oxidation sites excluding steroid dienone is 1. The molecule has 1 spiro atoms. The Morgan fingerprint density at radius 3 is 2.58 bits per heavy atom. The lowest BCUT2D eigenvalue weighted by Gasteiger charge is -2.54. The van der Waals surface area contributed by atoms with Crippen molar-refractivity contribution in [2.75, 3.05) is 28.2 Å². The normalized spacial score (nSPS) is 48.6. The van der Waals surface area contributed by atoms with Crippen molar-refractivity contribution in [1.82, 2.24) is 26.4 Å². The summed E-state index contributed by atoms with van der Waals surface area (Å²) in [6, 6.07) is 0.356. The van der Waals surface area contributed by atoms with Gasteiger partial charge in [-0.15, -0.1) is 0 Å². The van der Waals surface area contributed by atoms with Crippen molar-refractivity contribution in [1.29, 1.82) is 0 Å². The van der Waals surface area contributed by atoms with E-state index in [9.17, 15) is 0 Å². The number of fused-ring (bicyclic) bond motifs is 2. The Morgan fingerprint density at radius 2 is 2.05 bits per heavy atom. The van der Waals surface area contributed by atoms with E-state index in [1.54, 1.807) is 0 Å². The van der Waals surface area contributed by atoms with E-state index in [2.05, 4.69) is 53.6 Å². The number of hydrazine groups is 1. The molecule has 5 nitrogen and oxygen atoms in total. The van der Waals surface area contributed by atoms with E-state index in [4.69, 9.17) is 0 Å². The molecule has 1 heterocycles. The van der Waals surface area contributed by atoms with Gasteiger partial charge in [0.2, 0.25) is 0 Å². The summed E-state index contributed by atoms with van der Waals surface area (Å²) in [5, 5.41) is 12.9. The van der Waals surface area contributed by atoms with Crippen LogP contribution in [0.1, 0.15) is 25.7 Å². The van der Waals surface area contributed by atoms with Crippen LogP contribution in [0, 0.1) is 5.92 Å². The summed E-state index contributed by atoms with van der Waals surface area (Å²) in [7, 11) is 8.40. The molecule has 5 unspecified atom stereocenters. The number of likely N-dealkylation sites (N-methyl/N-ethyl adjacent to an activating group) is 3. The average Bonchev–Trinajstić information content (AvgIpc) is 3.07. The molecule has 0 aromatic rings. The van der Waals surface area contributed by atoms with Gasteiger partial charge in [0.05, 0.1) is 6.04 Å². The fraction of sp³-hybridized carbons (Fsp3) is 0.857. The number of nitrogens with one attached hydrogen (secondary N) is 4. The molecule has 3 rings (SSSR count). The minimum Gasteiger partial charge on any atom is -0.390 e. The van der Waals surface area contributed by atoms with Crippen molar-refractivity contribution in [3.63, 3.8) is 0 Å². The van der Waals surface area contributed by atoms with Gasteiger partial charge in [0.25, 0.3) is 0 Å². The van der Waals surface area contributed by atoms with E-state index < -0.39 is 0 Å². The van der Waals surface area contributed by atoms with Gasteiger partial charge in [-0.1, -0.05) is 6.08 Å². The lowest BCUT2D eigenvalue weighted by atomic mass is 9.60. The highest BCUT2D eigenvalue weighted by atomic mass is 15.8. The summed E-state index contributed by atoms with van der Waals surface area (Å²) in [5.74, 6) is 0.610. The molecular formula is C14H27N5. The first-order valence-electron chi connectivity index (χ1n) is 7.40. The topological polar surface area (TPSA) is 61.0 Å². The summed E-state index contributed by atoms with van der Waals surface area (Å²) >= 11 is 0. The third kappa shape index (κ3) is 1.62. The molecule has 2 aliphatic carbocycles. The predicted molar refractivity (Wildman–Crippen MR) is 77.4 cm³/mol. The van der Waals surface area contributed by atoms with Crippen LogP contribution in [0.25, 0.3) is 0 Å². The molecule has 1 saturated heterocycles. The van der Waals surface area contributed by atoms with Crippen molar-refractivity contribution in [3.8, 4) is 0 Å². The molecule has 0 radical (unpaired) electrons. The maximum Gasteiger partial charge on any atom is 0.102 e. The molecule has 0 aromatic heterocycles. The van der Waals surface area contributed by atoms with Gasteiger partial charge in [0.1, 0.15) is 5.66 Å². The molecule has 108 valence electrons. The molecule has 1 saturated carbocycles. The molecule has 5 heteroatoms. The quantitative estimate of drug-likeness (QED) is 0.541. The Morgan fingerprint density at radius 1 is 1.32 bits per heavy atom. The van der Waals surface area contributed by atoms with Gasteiger partial charge >= 0.3 is 0 Å². The molecule has 3 aliphatic rings. The highest BCUT2D eigenvalue weighted by Crippen LogP contribution is 2.53. The molecule has 4 N–H and O–H groups in total. The molecule has 0 amide bonds. The van der Waals surface area contributed by atoms with Gasteiger partial charge in [-0.3, -0.25) is 0 Å². The van der Waals surface area contributed by atoms with Crippen LogP contribution >= 0.6 is 0 Å². The molecular weight excluding hydrogens is 238 g/mol. The summed E-state index contributed by atoms with van der Waals surface area (Å²) in [6.07, 6.45) is 7.27. The predicted octanol–water partition coefficient (Wildman–Crippen LogP) is -0.0140. The molecule has 0 bridgehead atoms. The first kappa shape index (κ1) is 13.4. The standard InChI is InChI=1S/C14H27N5/c1-15-10-6-7-11-13(17-3,12(10)16-2)8-5-9-14(11)18-19(14)4/h6,11-12,15-18H,5,7-9H2,1-4H3. The minimum atomic E-state index is 0.137. The lowest BCUT2D eigenvalue weighted by molar-refractivity contribution is 0.0586. The van der Waals surface area contributed by atoms with Crippen LogP contribution in [0.5, 0.6) is 0 Å². The van der Waals surface area contributed by atoms with Gasteiger partial charge in [-0.25, -0.2) is 10.4 Å². The van der Waals surface area contributed by atoms with Gasteiger partial charge in [0.15, 0.2) is 0 Å². The Balaban J connectivity index is 2.01. The van der Waals surface area contributed by atoms with Crippen molar-refractivity contribution in [3.05, 3.63) is 11.8 Å². The highest BCUT2D eigenvalue weighted by molar-refractivity contribution is 5.30. The van der Waals surface area contributed by atoms with Crippen molar-refractivity contribution in [2.45, 2.75) is 42.9 Å². The molecule has 5 atom stereocenters. The number of hydrogen-bond acceptors (Lipinski definition) is 5. The van der Waals surface area contributed by atoms with Crippen LogP contribution in [0.2, 0.25) is 0 Å². The molecule has 1 aliphatic heterocycles. The summed E-state index contributed by atoms with van der Waals surface area (Å²) in [5.41, 5.74) is 5.28. The van der Waals surface area contributed by atoms with E-state index >= 15 is 0 Å². The zero-order valence-electron chi connectivity index (χ0n) is 12.5. The monoisotopic (exact) mass is 265 g/mol. The third-order valence-corrected chi connectivity index (χ3v) is 5.70.